The van der Waals surface area contributed by atoms with E-state index in [9.17, 15) is 4.39 Å². The highest BCUT2D eigenvalue weighted by Gasteiger charge is 2.14. The van der Waals surface area contributed by atoms with Gasteiger partial charge >= 0.3 is 0 Å². The Labute approximate surface area is 196 Å². The predicted molar refractivity (Wildman–Crippen MR) is 125 cm³/mol. The molecule has 0 spiro atoms. The smallest absolute Gasteiger partial charge is 0.229 e. The van der Waals surface area contributed by atoms with Gasteiger partial charge in [0.1, 0.15) is 25.6 Å². The molecule has 0 bridgehead atoms. The zero-order valence-electron chi connectivity index (χ0n) is 18.6. The van der Waals surface area contributed by atoms with Gasteiger partial charge in [0.25, 0.3) is 0 Å². The molecule has 3 heterocycles. The quantitative estimate of drug-likeness (QED) is 0.516. The minimum absolute atomic E-state index is 0.0482. The number of anilines is 4. The SMILES string of the molecule is Fc1cnc(Nc2cccc(OCCN3CCOCC3)c2)nc1Nc1ccc2c(c1)OCCO2. The van der Waals surface area contributed by atoms with E-state index in [1.807, 2.05) is 24.3 Å². The molecule has 1 saturated heterocycles. The molecule has 0 radical (unpaired) electrons. The van der Waals surface area contributed by atoms with E-state index in [2.05, 4.69) is 25.5 Å². The fourth-order valence-corrected chi connectivity index (χ4v) is 3.68. The summed E-state index contributed by atoms with van der Waals surface area (Å²) in [5.41, 5.74) is 1.37. The second-order valence-electron chi connectivity index (χ2n) is 7.83. The number of halogens is 1. The van der Waals surface area contributed by atoms with Crippen molar-refractivity contribution in [1.82, 2.24) is 14.9 Å². The molecule has 0 aliphatic carbocycles. The van der Waals surface area contributed by atoms with E-state index in [-0.39, 0.29) is 11.8 Å². The summed E-state index contributed by atoms with van der Waals surface area (Å²) in [4.78, 5) is 10.7. The average molecular weight is 468 g/mol. The Hall–Kier alpha value is -3.63. The largest absolute Gasteiger partial charge is 0.492 e. The average Bonchev–Trinajstić information content (AvgIpc) is 2.87. The highest BCUT2D eigenvalue weighted by Crippen LogP contribution is 2.33. The van der Waals surface area contributed by atoms with Crippen LogP contribution in [-0.4, -0.2) is 67.5 Å². The molecule has 3 aromatic rings. The molecule has 5 rings (SSSR count). The summed E-state index contributed by atoms with van der Waals surface area (Å²) in [6.07, 6.45) is 1.12. The van der Waals surface area contributed by atoms with Crippen LogP contribution < -0.4 is 24.8 Å². The third-order valence-corrected chi connectivity index (χ3v) is 5.42. The summed E-state index contributed by atoms with van der Waals surface area (Å²) in [6, 6.07) is 12.8. The van der Waals surface area contributed by atoms with Crippen LogP contribution >= 0.6 is 0 Å². The van der Waals surface area contributed by atoms with Crippen LogP contribution in [0.15, 0.2) is 48.7 Å². The van der Waals surface area contributed by atoms with Gasteiger partial charge in [0.05, 0.1) is 19.4 Å². The topological polar surface area (TPSA) is 90.0 Å². The molecule has 1 fully saturated rings. The standard InChI is InChI=1S/C24H26FN5O4/c25-20-16-26-24(29-23(20)27-18-4-5-21-22(15-18)34-13-12-33-21)28-17-2-1-3-19(14-17)32-11-8-30-6-9-31-10-7-30/h1-5,14-16H,6-13H2,(H2,26,27,28,29). The molecule has 9 nitrogen and oxygen atoms in total. The van der Waals surface area contributed by atoms with E-state index in [0.29, 0.717) is 37.0 Å². The molecular weight excluding hydrogens is 441 g/mol. The van der Waals surface area contributed by atoms with Gasteiger partial charge in [0.15, 0.2) is 23.1 Å². The number of fused-ring (bicyclic) bond motifs is 1. The molecule has 0 saturated carbocycles. The molecule has 2 N–H and O–H groups in total. The van der Waals surface area contributed by atoms with Crippen molar-refractivity contribution < 1.29 is 23.3 Å². The number of nitrogens with zero attached hydrogens (tertiary/aromatic N) is 3. The van der Waals surface area contributed by atoms with Crippen LogP contribution in [0.5, 0.6) is 17.2 Å². The molecule has 1 aromatic heterocycles. The molecular formula is C24H26FN5O4. The lowest BCUT2D eigenvalue weighted by Crippen LogP contribution is -2.38. The van der Waals surface area contributed by atoms with Crippen LogP contribution in [0.25, 0.3) is 0 Å². The van der Waals surface area contributed by atoms with Crippen molar-refractivity contribution in [3.8, 4) is 17.2 Å². The number of rotatable bonds is 8. The minimum atomic E-state index is -0.569. The van der Waals surface area contributed by atoms with Gasteiger partial charge in [0.2, 0.25) is 5.95 Å². The normalized spacial score (nSPS) is 15.6. The van der Waals surface area contributed by atoms with Crippen LogP contribution in [0.3, 0.4) is 0 Å². The number of ether oxygens (including phenoxy) is 4. The summed E-state index contributed by atoms with van der Waals surface area (Å²) in [5.74, 6) is 1.73. The molecule has 2 aliphatic heterocycles. The zero-order valence-corrected chi connectivity index (χ0v) is 18.6. The van der Waals surface area contributed by atoms with Crippen LogP contribution in [0.4, 0.5) is 27.5 Å². The summed E-state index contributed by atoms with van der Waals surface area (Å²) < 4.78 is 36.8. The number of aromatic nitrogens is 2. The van der Waals surface area contributed by atoms with E-state index in [4.69, 9.17) is 18.9 Å². The fourth-order valence-electron chi connectivity index (χ4n) is 3.68. The maximum Gasteiger partial charge on any atom is 0.229 e. The van der Waals surface area contributed by atoms with Gasteiger partial charge in [-0.25, -0.2) is 9.37 Å². The van der Waals surface area contributed by atoms with Gasteiger partial charge in [-0.3, -0.25) is 4.90 Å². The number of hydrogen-bond donors (Lipinski definition) is 2. The van der Waals surface area contributed by atoms with Crippen LogP contribution in [0.2, 0.25) is 0 Å². The van der Waals surface area contributed by atoms with Gasteiger partial charge in [-0.15, -0.1) is 0 Å². The Bertz CT molecular complexity index is 1130. The monoisotopic (exact) mass is 467 g/mol. The lowest BCUT2D eigenvalue weighted by molar-refractivity contribution is 0.0322. The first kappa shape index (κ1) is 22.2. The Balaban J connectivity index is 1.22. The van der Waals surface area contributed by atoms with Crippen LogP contribution in [0.1, 0.15) is 0 Å². The van der Waals surface area contributed by atoms with E-state index >= 15 is 0 Å². The van der Waals surface area contributed by atoms with E-state index in [1.165, 1.54) is 0 Å². The van der Waals surface area contributed by atoms with Crippen LogP contribution in [0, 0.1) is 5.82 Å². The van der Waals surface area contributed by atoms with E-state index in [1.54, 1.807) is 18.2 Å². The minimum Gasteiger partial charge on any atom is -0.492 e. The molecule has 0 unspecified atom stereocenters. The Morgan fingerprint density at radius 3 is 2.65 bits per heavy atom. The zero-order chi connectivity index (χ0) is 23.2. The van der Waals surface area contributed by atoms with Crippen molar-refractivity contribution in [1.29, 1.82) is 0 Å². The maximum atomic E-state index is 14.4. The first-order valence-electron chi connectivity index (χ1n) is 11.2. The number of benzene rings is 2. The number of nitrogens with one attached hydrogen (secondary N) is 2. The van der Waals surface area contributed by atoms with Crippen molar-refractivity contribution >= 4 is 23.1 Å². The van der Waals surface area contributed by atoms with Gasteiger partial charge in [-0.2, -0.15) is 4.98 Å². The molecule has 0 amide bonds. The third kappa shape index (κ3) is 5.64. The fraction of sp³-hybridized carbons (Fsp3) is 0.333. The summed E-state index contributed by atoms with van der Waals surface area (Å²) in [5, 5.41) is 6.09. The summed E-state index contributed by atoms with van der Waals surface area (Å²) >= 11 is 0. The molecule has 34 heavy (non-hydrogen) atoms. The highest BCUT2D eigenvalue weighted by atomic mass is 19.1. The van der Waals surface area contributed by atoms with Crippen molar-refractivity contribution in [2.75, 3.05) is 63.3 Å². The second kappa shape index (κ2) is 10.5. The van der Waals surface area contributed by atoms with Crippen molar-refractivity contribution in [3.05, 3.63) is 54.5 Å². The first-order valence-corrected chi connectivity index (χ1v) is 11.2. The lowest BCUT2D eigenvalue weighted by atomic mass is 10.2. The van der Waals surface area contributed by atoms with E-state index in [0.717, 1.165) is 50.5 Å². The van der Waals surface area contributed by atoms with E-state index < -0.39 is 5.82 Å². The molecule has 0 atom stereocenters. The van der Waals surface area contributed by atoms with Crippen molar-refractivity contribution in [3.63, 3.8) is 0 Å². The Morgan fingerprint density at radius 1 is 0.941 bits per heavy atom. The number of morpholine rings is 1. The molecule has 2 aromatic carbocycles. The number of hydrogen-bond acceptors (Lipinski definition) is 9. The van der Waals surface area contributed by atoms with Crippen molar-refractivity contribution in [2.24, 2.45) is 0 Å². The summed E-state index contributed by atoms with van der Waals surface area (Å²) in [6.45, 7) is 5.80. The lowest BCUT2D eigenvalue weighted by Gasteiger charge is -2.26. The second-order valence-corrected chi connectivity index (χ2v) is 7.83. The third-order valence-electron chi connectivity index (χ3n) is 5.42. The van der Waals surface area contributed by atoms with Crippen LogP contribution in [-0.2, 0) is 4.74 Å². The molecule has 2 aliphatic rings. The van der Waals surface area contributed by atoms with Crippen molar-refractivity contribution in [2.45, 2.75) is 0 Å². The Kier molecular flexibility index (Phi) is 6.87. The Morgan fingerprint density at radius 2 is 1.76 bits per heavy atom. The highest BCUT2D eigenvalue weighted by molar-refractivity contribution is 5.63. The summed E-state index contributed by atoms with van der Waals surface area (Å²) in [7, 11) is 0. The first-order chi connectivity index (χ1) is 16.7. The maximum absolute atomic E-state index is 14.4. The predicted octanol–water partition coefficient (Wildman–Crippen LogP) is 3.59. The molecule has 10 heteroatoms. The molecule has 178 valence electrons. The van der Waals surface area contributed by atoms with Gasteiger partial charge in [-0.1, -0.05) is 6.07 Å². The van der Waals surface area contributed by atoms with Gasteiger partial charge < -0.3 is 29.6 Å². The van der Waals surface area contributed by atoms with Gasteiger partial charge in [0, 0.05) is 43.1 Å². The van der Waals surface area contributed by atoms with Gasteiger partial charge in [-0.05, 0) is 24.3 Å².